The van der Waals surface area contributed by atoms with E-state index >= 15 is 0 Å². The molecule has 0 unspecified atom stereocenters. The first kappa shape index (κ1) is 17.6. The molecule has 2 aromatic rings. The standard InChI is InChI=1S/C16H11BrN2O.CH4O/c1-2-12-3-5-13(6-4-12)11-18-19-16(20)14-7-9-15(17)10-8-14;1-2/h1,3-11H,(H,19,20);2H,1H3/b18-11+;. The summed E-state index contributed by atoms with van der Waals surface area (Å²) >= 11 is 3.31. The molecule has 112 valence electrons. The van der Waals surface area contributed by atoms with E-state index in [-0.39, 0.29) is 5.91 Å². The summed E-state index contributed by atoms with van der Waals surface area (Å²) < 4.78 is 0.922. The van der Waals surface area contributed by atoms with E-state index in [1.165, 1.54) is 0 Å². The lowest BCUT2D eigenvalue weighted by Crippen LogP contribution is -2.17. The van der Waals surface area contributed by atoms with Crippen LogP contribution in [0.15, 0.2) is 58.1 Å². The fourth-order valence-electron chi connectivity index (χ4n) is 1.50. The van der Waals surface area contributed by atoms with Gasteiger partial charge in [0.05, 0.1) is 6.21 Å². The van der Waals surface area contributed by atoms with Crippen molar-refractivity contribution in [1.29, 1.82) is 0 Å². The molecule has 0 aliphatic rings. The molecule has 5 heteroatoms. The van der Waals surface area contributed by atoms with Gasteiger partial charge in [-0.05, 0) is 42.0 Å². The third kappa shape index (κ3) is 5.52. The van der Waals surface area contributed by atoms with Gasteiger partial charge in [-0.2, -0.15) is 5.10 Å². The quantitative estimate of drug-likeness (QED) is 0.503. The number of carbonyl (C=O) groups excluding carboxylic acids is 1. The molecule has 1 amide bonds. The van der Waals surface area contributed by atoms with Crippen LogP contribution in [0.4, 0.5) is 0 Å². The molecule has 2 N–H and O–H groups in total. The van der Waals surface area contributed by atoms with Crippen molar-refractivity contribution in [2.75, 3.05) is 7.11 Å². The van der Waals surface area contributed by atoms with Crippen LogP contribution in [0.1, 0.15) is 21.5 Å². The third-order valence-electron chi connectivity index (χ3n) is 2.56. The van der Waals surface area contributed by atoms with E-state index in [1.54, 1.807) is 30.5 Å². The number of hydrazone groups is 1. The number of rotatable bonds is 3. The molecule has 0 aliphatic heterocycles. The van der Waals surface area contributed by atoms with Crippen molar-refractivity contribution in [3.63, 3.8) is 0 Å². The number of nitrogens with one attached hydrogen (secondary N) is 1. The molecule has 4 nitrogen and oxygen atoms in total. The van der Waals surface area contributed by atoms with Crippen LogP contribution in [0.2, 0.25) is 0 Å². The molecule has 0 bridgehead atoms. The van der Waals surface area contributed by atoms with Crippen molar-refractivity contribution in [1.82, 2.24) is 5.43 Å². The Morgan fingerprint density at radius 3 is 2.32 bits per heavy atom. The minimum Gasteiger partial charge on any atom is -0.400 e. The fourth-order valence-corrected chi connectivity index (χ4v) is 1.76. The van der Waals surface area contributed by atoms with Crippen molar-refractivity contribution in [2.24, 2.45) is 5.10 Å². The topological polar surface area (TPSA) is 61.7 Å². The number of terminal acetylenes is 1. The van der Waals surface area contributed by atoms with Gasteiger partial charge in [-0.1, -0.05) is 34.0 Å². The van der Waals surface area contributed by atoms with Gasteiger partial charge < -0.3 is 5.11 Å². The molecule has 2 rings (SSSR count). The summed E-state index contributed by atoms with van der Waals surface area (Å²) in [6.45, 7) is 0. The van der Waals surface area contributed by atoms with Gasteiger partial charge in [-0.15, -0.1) is 6.42 Å². The smallest absolute Gasteiger partial charge is 0.271 e. The lowest BCUT2D eigenvalue weighted by molar-refractivity contribution is 0.0955. The van der Waals surface area contributed by atoms with Gasteiger partial charge in [0.15, 0.2) is 0 Å². The molecular formula is C17H15BrN2O2. The van der Waals surface area contributed by atoms with Crippen LogP contribution < -0.4 is 5.43 Å². The van der Waals surface area contributed by atoms with Gasteiger partial charge in [0, 0.05) is 22.7 Å². The fraction of sp³-hybridized carbons (Fsp3) is 0.0588. The molecule has 22 heavy (non-hydrogen) atoms. The Balaban J connectivity index is 0.00000116. The van der Waals surface area contributed by atoms with Crippen LogP contribution in [-0.2, 0) is 0 Å². The minimum absolute atomic E-state index is 0.256. The first-order valence-corrected chi connectivity index (χ1v) is 7.09. The maximum absolute atomic E-state index is 11.8. The average molecular weight is 359 g/mol. The highest BCUT2D eigenvalue weighted by molar-refractivity contribution is 9.10. The van der Waals surface area contributed by atoms with Gasteiger partial charge >= 0.3 is 0 Å². The van der Waals surface area contributed by atoms with Gasteiger partial charge in [-0.25, -0.2) is 5.43 Å². The van der Waals surface area contributed by atoms with E-state index in [4.69, 9.17) is 11.5 Å². The maximum atomic E-state index is 11.8. The Labute approximate surface area is 138 Å². The summed E-state index contributed by atoms with van der Waals surface area (Å²) in [6, 6.07) is 14.4. The lowest BCUT2D eigenvalue weighted by Gasteiger charge is -1.99. The minimum atomic E-state index is -0.256. The van der Waals surface area contributed by atoms with Crippen LogP contribution in [0, 0.1) is 12.3 Å². The number of hydrogen-bond acceptors (Lipinski definition) is 3. The van der Waals surface area contributed by atoms with Gasteiger partial charge in [0.25, 0.3) is 5.91 Å². The molecular weight excluding hydrogens is 344 g/mol. The number of amides is 1. The van der Waals surface area contributed by atoms with Crippen LogP contribution in [0.5, 0.6) is 0 Å². The summed E-state index contributed by atoms with van der Waals surface area (Å²) in [7, 11) is 1.00. The van der Waals surface area contributed by atoms with Crippen molar-refractivity contribution in [3.8, 4) is 12.3 Å². The van der Waals surface area contributed by atoms with Gasteiger partial charge in [-0.3, -0.25) is 4.79 Å². The first-order chi connectivity index (χ1) is 10.7. The Morgan fingerprint density at radius 2 is 1.77 bits per heavy atom. The number of aliphatic hydroxyl groups excluding tert-OH is 1. The zero-order valence-electron chi connectivity index (χ0n) is 12.0. The second kappa shape index (κ2) is 9.50. The normalized spacial score (nSPS) is 9.55. The molecule has 0 heterocycles. The van der Waals surface area contributed by atoms with E-state index in [2.05, 4.69) is 32.4 Å². The number of aliphatic hydroxyl groups is 1. The summed E-state index contributed by atoms with van der Waals surface area (Å²) in [5.41, 5.74) is 4.69. The molecule has 0 saturated heterocycles. The number of hydrogen-bond donors (Lipinski definition) is 2. The highest BCUT2D eigenvalue weighted by atomic mass is 79.9. The lowest BCUT2D eigenvalue weighted by atomic mass is 10.1. The number of nitrogens with zero attached hydrogens (tertiary/aromatic N) is 1. The van der Waals surface area contributed by atoms with E-state index in [0.29, 0.717) is 5.56 Å². The number of benzene rings is 2. The molecule has 0 spiro atoms. The SMILES string of the molecule is C#Cc1ccc(/C=N/NC(=O)c2ccc(Br)cc2)cc1.CO. The van der Waals surface area contributed by atoms with Gasteiger partial charge in [0.1, 0.15) is 0 Å². The predicted octanol–water partition coefficient (Wildman–Crippen LogP) is 2.80. The molecule has 0 aliphatic carbocycles. The van der Waals surface area contributed by atoms with Crippen LogP contribution in [0.25, 0.3) is 0 Å². The predicted molar refractivity (Wildman–Crippen MR) is 91.7 cm³/mol. The summed E-state index contributed by atoms with van der Waals surface area (Å²) in [5, 5.41) is 10.9. The second-order valence-corrected chi connectivity index (χ2v) is 4.89. The molecule has 0 fully saturated rings. The van der Waals surface area contributed by atoms with E-state index in [9.17, 15) is 4.79 Å². The van der Waals surface area contributed by atoms with E-state index in [1.807, 2.05) is 24.3 Å². The van der Waals surface area contributed by atoms with E-state index in [0.717, 1.165) is 22.7 Å². The Hall–Kier alpha value is -2.42. The Morgan fingerprint density at radius 1 is 1.18 bits per heavy atom. The summed E-state index contributed by atoms with van der Waals surface area (Å²) in [5.74, 6) is 2.28. The molecule has 0 radical (unpaired) electrons. The summed E-state index contributed by atoms with van der Waals surface area (Å²) in [6.07, 6.45) is 6.84. The zero-order chi connectivity index (χ0) is 16.4. The Kier molecular flexibility index (Phi) is 7.62. The largest absolute Gasteiger partial charge is 0.400 e. The van der Waals surface area contributed by atoms with Crippen molar-refractivity contribution >= 4 is 28.1 Å². The van der Waals surface area contributed by atoms with Gasteiger partial charge in [0.2, 0.25) is 0 Å². The van der Waals surface area contributed by atoms with Crippen LogP contribution in [-0.4, -0.2) is 24.3 Å². The average Bonchev–Trinajstić information content (AvgIpc) is 2.58. The monoisotopic (exact) mass is 358 g/mol. The second-order valence-electron chi connectivity index (χ2n) is 3.97. The number of halogens is 1. The van der Waals surface area contributed by atoms with Crippen molar-refractivity contribution < 1.29 is 9.90 Å². The Bertz CT molecular complexity index is 671. The first-order valence-electron chi connectivity index (χ1n) is 6.29. The van der Waals surface area contributed by atoms with Crippen molar-refractivity contribution in [3.05, 3.63) is 69.7 Å². The van der Waals surface area contributed by atoms with E-state index < -0.39 is 0 Å². The van der Waals surface area contributed by atoms with Crippen molar-refractivity contribution in [2.45, 2.75) is 0 Å². The van der Waals surface area contributed by atoms with Crippen LogP contribution in [0.3, 0.4) is 0 Å². The highest BCUT2D eigenvalue weighted by Crippen LogP contribution is 2.10. The number of carbonyl (C=O) groups is 1. The molecule has 0 aromatic heterocycles. The maximum Gasteiger partial charge on any atom is 0.271 e. The molecule has 2 aromatic carbocycles. The highest BCUT2D eigenvalue weighted by Gasteiger charge is 2.02. The molecule has 0 saturated carbocycles. The molecule has 0 atom stereocenters. The third-order valence-corrected chi connectivity index (χ3v) is 3.09. The van der Waals surface area contributed by atoms with Crippen LogP contribution >= 0.6 is 15.9 Å². The summed E-state index contributed by atoms with van der Waals surface area (Å²) in [4.78, 5) is 11.8. The zero-order valence-corrected chi connectivity index (χ0v) is 13.5.